The lowest BCUT2D eigenvalue weighted by atomic mass is 9.88. The van der Waals surface area contributed by atoms with Gasteiger partial charge in [0.05, 0.1) is 6.07 Å². The van der Waals surface area contributed by atoms with E-state index in [-0.39, 0.29) is 12.0 Å². The second-order valence-electron chi connectivity index (χ2n) is 4.74. The van der Waals surface area contributed by atoms with Gasteiger partial charge in [0.1, 0.15) is 0 Å². The Balaban J connectivity index is 3.60. The third-order valence-electron chi connectivity index (χ3n) is 2.32. The Morgan fingerprint density at radius 1 is 1.50 bits per heavy atom. The molecule has 82 valence electrons. The minimum absolute atomic E-state index is 0.172. The van der Waals surface area contributed by atoms with Gasteiger partial charge in [-0.2, -0.15) is 5.26 Å². The molecule has 3 heteroatoms. The second kappa shape index (κ2) is 6.80. The highest BCUT2D eigenvalue weighted by Gasteiger charge is 2.16. The molecule has 0 rings (SSSR count). The summed E-state index contributed by atoms with van der Waals surface area (Å²) in [7, 11) is 0. The Morgan fingerprint density at radius 2 is 2.14 bits per heavy atom. The average molecular weight is 198 g/mol. The van der Waals surface area contributed by atoms with E-state index in [0.29, 0.717) is 12.3 Å². The normalized spacial score (nSPS) is 13.6. The van der Waals surface area contributed by atoms with Crippen LogP contribution in [0, 0.1) is 22.7 Å². The molecule has 14 heavy (non-hydrogen) atoms. The Morgan fingerprint density at radius 3 is 2.64 bits per heavy atom. The lowest BCUT2D eigenvalue weighted by Crippen LogP contribution is -2.33. The number of aliphatic hydroxyl groups excluding tert-OH is 1. The standard InChI is InChI=1S/C11H22N2O/c1-10(8-14)7-13-9-11(2,3)5-4-6-12/h10,13-14H,4-5,7-9H2,1-3H3. The van der Waals surface area contributed by atoms with E-state index in [1.807, 2.05) is 6.92 Å². The van der Waals surface area contributed by atoms with Gasteiger partial charge in [0.25, 0.3) is 0 Å². The monoisotopic (exact) mass is 198 g/mol. The molecule has 0 aromatic heterocycles. The van der Waals surface area contributed by atoms with Crippen LogP contribution in [0.1, 0.15) is 33.6 Å². The van der Waals surface area contributed by atoms with E-state index in [4.69, 9.17) is 10.4 Å². The molecule has 0 radical (unpaired) electrons. The van der Waals surface area contributed by atoms with E-state index >= 15 is 0 Å². The molecule has 0 aromatic carbocycles. The zero-order valence-electron chi connectivity index (χ0n) is 9.51. The SMILES string of the molecule is CC(CO)CNCC(C)(C)CCC#N. The summed E-state index contributed by atoms with van der Waals surface area (Å²) in [6, 6.07) is 2.17. The van der Waals surface area contributed by atoms with Gasteiger partial charge in [0.15, 0.2) is 0 Å². The van der Waals surface area contributed by atoms with Gasteiger partial charge < -0.3 is 10.4 Å². The van der Waals surface area contributed by atoms with E-state index in [9.17, 15) is 0 Å². The van der Waals surface area contributed by atoms with E-state index < -0.39 is 0 Å². The first-order valence-electron chi connectivity index (χ1n) is 5.20. The van der Waals surface area contributed by atoms with Crippen LogP contribution in [0.2, 0.25) is 0 Å². The summed E-state index contributed by atoms with van der Waals surface area (Å²) in [6.45, 7) is 8.29. The third kappa shape index (κ3) is 6.88. The Bertz CT molecular complexity index is 184. The molecule has 1 atom stereocenters. The lowest BCUT2D eigenvalue weighted by molar-refractivity contribution is 0.225. The first-order valence-corrected chi connectivity index (χ1v) is 5.20. The Kier molecular flexibility index (Phi) is 6.52. The molecular weight excluding hydrogens is 176 g/mol. The first-order chi connectivity index (χ1) is 6.52. The number of nitrogens with zero attached hydrogens (tertiary/aromatic N) is 1. The molecule has 0 aliphatic carbocycles. The minimum Gasteiger partial charge on any atom is -0.396 e. The predicted octanol–water partition coefficient (Wildman–Crippen LogP) is 1.53. The Labute approximate surface area is 87.1 Å². The largest absolute Gasteiger partial charge is 0.396 e. The molecule has 0 aliphatic heterocycles. The number of hydrogen-bond donors (Lipinski definition) is 2. The second-order valence-corrected chi connectivity index (χ2v) is 4.74. The third-order valence-corrected chi connectivity index (χ3v) is 2.32. The molecule has 0 amide bonds. The maximum absolute atomic E-state index is 8.82. The van der Waals surface area contributed by atoms with Crippen LogP contribution in [0.5, 0.6) is 0 Å². The fourth-order valence-electron chi connectivity index (χ4n) is 1.20. The van der Waals surface area contributed by atoms with E-state index in [1.54, 1.807) is 0 Å². The summed E-state index contributed by atoms with van der Waals surface area (Å²) in [5.74, 6) is 0.307. The minimum atomic E-state index is 0.172. The topological polar surface area (TPSA) is 56.0 Å². The number of hydrogen-bond acceptors (Lipinski definition) is 3. The summed E-state index contributed by atoms with van der Waals surface area (Å²) in [4.78, 5) is 0. The van der Waals surface area contributed by atoms with E-state index in [1.165, 1.54) is 0 Å². The van der Waals surface area contributed by atoms with Gasteiger partial charge in [-0.05, 0) is 24.3 Å². The first kappa shape index (κ1) is 13.4. The summed E-state index contributed by atoms with van der Waals surface area (Å²) < 4.78 is 0. The highest BCUT2D eigenvalue weighted by molar-refractivity contribution is 4.78. The van der Waals surface area contributed by atoms with Crippen molar-refractivity contribution in [2.75, 3.05) is 19.7 Å². The van der Waals surface area contributed by atoms with Crippen molar-refractivity contribution in [1.82, 2.24) is 5.32 Å². The van der Waals surface area contributed by atoms with Gasteiger partial charge in [-0.15, -0.1) is 0 Å². The maximum Gasteiger partial charge on any atom is 0.0621 e. The molecule has 0 bridgehead atoms. The number of aliphatic hydroxyl groups is 1. The van der Waals surface area contributed by atoms with Crippen LogP contribution < -0.4 is 5.32 Å². The van der Waals surface area contributed by atoms with Crippen molar-refractivity contribution < 1.29 is 5.11 Å². The molecule has 0 aromatic rings. The maximum atomic E-state index is 8.82. The van der Waals surface area contributed by atoms with Crippen LogP contribution in [0.4, 0.5) is 0 Å². The summed E-state index contributed by atoms with van der Waals surface area (Å²) in [5.41, 5.74) is 0.172. The highest BCUT2D eigenvalue weighted by Crippen LogP contribution is 2.20. The lowest BCUT2D eigenvalue weighted by Gasteiger charge is -2.24. The average Bonchev–Trinajstić information content (AvgIpc) is 2.14. The van der Waals surface area contributed by atoms with Gasteiger partial charge in [-0.3, -0.25) is 0 Å². The summed E-state index contributed by atoms with van der Waals surface area (Å²) in [5, 5.41) is 20.6. The fraction of sp³-hybridized carbons (Fsp3) is 0.909. The van der Waals surface area contributed by atoms with Crippen LogP contribution in [0.3, 0.4) is 0 Å². The van der Waals surface area contributed by atoms with Crippen LogP contribution in [-0.4, -0.2) is 24.8 Å². The number of nitriles is 1. The van der Waals surface area contributed by atoms with E-state index in [2.05, 4.69) is 25.2 Å². The van der Waals surface area contributed by atoms with Crippen molar-refractivity contribution in [2.24, 2.45) is 11.3 Å². The van der Waals surface area contributed by atoms with Gasteiger partial charge in [-0.25, -0.2) is 0 Å². The van der Waals surface area contributed by atoms with Crippen LogP contribution in [-0.2, 0) is 0 Å². The van der Waals surface area contributed by atoms with Crippen LogP contribution >= 0.6 is 0 Å². The molecule has 0 spiro atoms. The number of nitrogens with one attached hydrogen (secondary N) is 1. The van der Waals surface area contributed by atoms with Gasteiger partial charge in [-0.1, -0.05) is 20.8 Å². The van der Waals surface area contributed by atoms with E-state index in [0.717, 1.165) is 19.5 Å². The molecule has 3 nitrogen and oxygen atoms in total. The molecule has 0 fully saturated rings. The molecular formula is C11H22N2O. The van der Waals surface area contributed by atoms with Gasteiger partial charge in [0.2, 0.25) is 0 Å². The molecule has 0 saturated heterocycles. The highest BCUT2D eigenvalue weighted by atomic mass is 16.3. The zero-order chi connectivity index (χ0) is 11.0. The van der Waals surface area contributed by atoms with Gasteiger partial charge in [0, 0.05) is 19.6 Å². The number of rotatable bonds is 7. The quantitative estimate of drug-likeness (QED) is 0.652. The van der Waals surface area contributed by atoms with Crippen molar-refractivity contribution in [3.8, 4) is 6.07 Å². The molecule has 1 unspecified atom stereocenters. The molecule has 2 N–H and O–H groups in total. The smallest absolute Gasteiger partial charge is 0.0621 e. The zero-order valence-corrected chi connectivity index (χ0v) is 9.51. The predicted molar refractivity (Wildman–Crippen MR) is 57.7 cm³/mol. The van der Waals surface area contributed by atoms with Crippen molar-refractivity contribution in [2.45, 2.75) is 33.6 Å². The molecule has 0 aliphatic rings. The van der Waals surface area contributed by atoms with Crippen molar-refractivity contribution in [3.63, 3.8) is 0 Å². The summed E-state index contributed by atoms with van der Waals surface area (Å²) >= 11 is 0. The van der Waals surface area contributed by atoms with Crippen molar-refractivity contribution >= 4 is 0 Å². The fourth-order valence-corrected chi connectivity index (χ4v) is 1.20. The molecule has 0 saturated carbocycles. The van der Waals surface area contributed by atoms with Crippen molar-refractivity contribution in [3.05, 3.63) is 0 Å². The summed E-state index contributed by atoms with van der Waals surface area (Å²) in [6.07, 6.45) is 1.54. The van der Waals surface area contributed by atoms with Crippen molar-refractivity contribution in [1.29, 1.82) is 5.26 Å². The Hall–Kier alpha value is -0.590. The molecule has 0 heterocycles. The van der Waals surface area contributed by atoms with Crippen LogP contribution in [0.15, 0.2) is 0 Å². The van der Waals surface area contributed by atoms with Gasteiger partial charge >= 0.3 is 0 Å². The van der Waals surface area contributed by atoms with Crippen LogP contribution in [0.25, 0.3) is 0 Å².